The highest BCUT2D eigenvalue weighted by molar-refractivity contribution is 5.26. The molecule has 0 radical (unpaired) electrons. The van der Waals surface area contributed by atoms with Gasteiger partial charge in [-0.1, -0.05) is 18.2 Å². The molecule has 0 aliphatic rings. The number of hydrogen-bond donors (Lipinski definition) is 2. The van der Waals surface area contributed by atoms with Crippen molar-refractivity contribution in [3.05, 3.63) is 59.8 Å². The lowest BCUT2D eigenvalue weighted by atomic mass is 9.90. The number of rotatable bonds is 4. The Morgan fingerprint density at radius 3 is 2.65 bits per heavy atom. The van der Waals surface area contributed by atoms with Crippen molar-refractivity contribution in [2.24, 2.45) is 5.73 Å². The predicted molar refractivity (Wildman–Crippen MR) is 61.9 cm³/mol. The van der Waals surface area contributed by atoms with E-state index in [9.17, 15) is 9.50 Å². The van der Waals surface area contributed by atoms with Crippen molar-refractivity contribution in [2.75, 3.05) is 6.54 Å². The van der Waals surface area contributed by atoms with Crippen LogP contribution in [0.3, 0.4) is 0 Å². The zero-order valence-electron chi connectivity index (χ0n) is 9.21. The second kappa shape index (κ2) is 5.12. The molecule has 2 aromatic rings. The minimum Gasteiger partial charge on any atom is -0.472 e. The van der Waals surface area contributed by atoms with Gasteiger partial charge in [0.25, 0.3) is 0 Å². The number of halogens is 1. The molecule has 0 spiro atoms. The zero-order chi connectivity index (χ0) is 12.3. The fourth-order valence-electron chi connectivity index (χ4n) is 1.88. The lowest BCUT2D eigenvalue weighted by Crippen LogP contribution is -2.20. The van der Waals surface area contributed by atoms with Crippen molar-refractivity contribution in [3.63, 3.8) is 0 Å². The third kappa shape index (κ3) is 2.38. The minimum absolute atomic E-state index is 0.160. The van der Waals surface area contributed by atoms with Crippen LogP contribution in [0.25, 0.3) is 0 Å². The number of benzene rings is 1. The van der Waals surface area contributed by atoms with E-state index in [1.807, 2.05) is 0 Å². The van der Waals surface area contributed by atoms with Gasteiger partial charge in [-0.3, -0.25) is 0 Å². The van der Waals surface area contributed by atoms with Crippen LogP contribution in [0.2, 0.25) is 0 Å². The predicted octanol–water partition coefficient (Wildman–Crippen LogP) is 2.19. The van der Waals surface area contributed by atoms with Crippen LogP contribution >= 0.6 is 0 Å². The van der Waals surface area contributed by atoms with Gasteiger partial charge in [0.05, 0.1) is 18.6 Å². The Kier molecular flexibility index (Phi) is 3.56. The summed E-state index contributed by atoms with van der Waals surface area (Å²) in [7, 11) is 0. The fraction of sp³-hybridized carbons (Fsp3) is 0.231. The van der Waals surface area contributed by atoms with Gasteiger partial charge in [0.2, 0.25) is 0 Å². The third-order valence-corrected chi connectivity index (χ3v) is 2.82. The summed E-state index contributed by atoms with van der Waals surface area (Å²) in [5.41, 5.74) is 6.64. The summed E-state index contributed by atoms with van der Waals surface area (Å²) < 4.78 is 18.5. The van der Waals surface area contributed by atoms with Crippen LogP contribution in [0.1, 0.15) is 23.1 Å². The van der Waals surface area contributed by atoms with Gasteiger partial charge in [-0.05, 0) is 17.7 Å². The van der Waals surface area contributed by atoms with Crippen LogP contribution in [0.15, 0.2) is 47.3 Å². The molecular weight excluding hydrogens is 221 g/mol. The number of aliphatic hydroxyl groups is 1. The van der Waals surface area contributed by atoms with Crippen molar-refractivity contribution < 1.29 is 13.9 Å². The van der Waals surface area contributed by atoms with E-state index in [1.54, 1.807) is 24.3 Å². The van der Waals surface area contributed by atoms with Crippen molar-refractivity contribution in [3.8, 4) is 0 Å². The molecule has 1 heterocycles. The van der Waals surface area contributed by atoms with Gasteiger partial charge in [0.1, 0.15) is 5.82 Å². The Morgan fingerprint density at radius 2 is 2.06 bits per heavy atom. The summed E-state index contributed by atoms with van der Waals surface area (Å²) in [6.45, 7) is 0.160. The summed E-state index contributed by atoms with van der Waals surface area (Å²) in [4.78, 5) is 0. The van der Waals surface area contributed by atoms with E-state index in [0.717, 1.165) is 0 Å². The fourth-order valence-corrected chi connectivity index (χ4v) is 1.88. The van der Waals surface area contributed by atoms with Gasteiger partial charge in [-0.2, -0.15) is 0 Å². The van der Waals surface area contributed by atoms with E-state index in [4.69, 9.17) is 10.2 Å². The highest BCUT2D eigenvalue weighted by Gasteiger charge is 2.24. The molecule has 0 bridgehead atoms. The number of hydrogen-bond acceptors (Lipinski definition) is 3. The van der Waals surface area contributed by atoms with E-state index in [-0.39, 0.29) is 12.4 Å². The quantitative estimate of drug-likeness (QED) is 0.854. The van der Waals surface area contributed by atoms with Gasteiger partial charge in [-0.15, -0.1) is 0 Å². The Labute approximate surface area is 98.7 Å². The van der Waals surface area contributed by atoms with Crippen LogP contribution < -0.4 is 5.73 Å². The van der Waals surface area contributed by atoms with Crippen LogP contribution in [0.5, 0.6) is 0 Å². The Bertz CT molecular complexity index is 470. The van der Waals surface area contributed by atoms with Gasteiger partial charge in [-0.25, -0.2) is 4.39 Å². The van der Waals surface area contributed by atoms with Gasteiger partial charge in [0.15, 0.2) is 0 Å². The molecule has 3 nitrogen and oxygen atoms in total. The lowest BCUT2D eigenvalue weighted by molar-refractivity contribution is 0.145. The monoisotopic (exact) mass is 235 g/mol. The molecule has 2 rings (SSSR count). The standard InChI is InChI=1S/C13H14FNO2/c14-12-4-2-1-3-10(12)11(7-15)13(16)9-5-6-17-8-9/h1-6,8,11,13,16H,7,15H2. The topological polar surface area (TPSA) is 59.4 Å². The second-order valence-electron chi connectivity index (χ2n) is 3.87. The highest BCUT2D eigenvalue weighted by Crippen LogP contribution is 2.31. The van der Waals surface area contributed by atoms with Crippen molar-refractivity contribution in [2.45, 2.75) is 12.0 Å². The first-order valence-corrected chi connectivity index (χ1v) is 5.38. The van der Waals surface area contributed by atoms with Crippen molar-refractivity contribution in [1.29, 1.82) is 0 Å². The average Bonchev–Trinajstić information content (AvgIpc) is 2.86. The molecule has 0 aliphatic heterocycles. The molecule has 17 heavy (non-hydrogen) atoms. The van der Waals surface area contributed by atoms with Crippen molar-refractivity contribution >= 4 is 0 Å². The minimum atomic E-state index is -0.865. The molecule has 4 heteroatoms. The summed E-state index contributed by atoms with van der Waals surface area (Å²) in [5.74, 6) is -0.834. The molecular formula is C13H14FNO2. The zero-order valence-corrected chi connectivity index (χ0v) is 9.21. The van der Waals surface area contributed by atoms with Gasteiger partial charge < -0.3 is 15.3 Å². The maximum absolute atomic E-state index is 13.6. The maximum Gasteiger partial charge on any atom is 0.126 e. The summed E-state index contributed by atoms with van der Waals surface area (Å²) in [6.07, 6.45) is 2.04. The number of furan rings is 1. The molecule has 2 unspecified atom stereocenters. The van der Waals surface area contributed by atoms with Crippen molar-refractivity contribution in [1.82, 2.24) is 0 Å². The second-order valence-corrected chi connectivity index (χ2v) is 3.87. The van der Waals surface area contributed by atoms with Crippen LogP contribution in [-0.2, 0) is 0 Å². The Morgan fingerprint density at radius 1 is 1.29 bits per heavy atom. The molecule has 2 atom stereocenters. The van der Waals surface area contributed by atoms with E-state index in [0.29, 0.717) is 11.1 Å². The van der Waals surface area contributed by atoms with E-state index in [1.165, 1.54) is 18.6 Å². The molecule has 0 fully saturated rings. The molecule has 0 amide bonds. The largest absolute Gasteiger partial charge is 0.472 e. The van der Waals surface area contributed by atoms with Crippen LogP contribution in [-0.4, -0.2) is 11.7 Å². The smallest absolute Gasteiger partial charge is 0.126 e. The molecule has 1 aromatic carbocycles. The summed E-state index contributed by atoms with van der Waals surface area (Å²) in [5, 5.41) is 10.1. The first-order chi connectivity index (χ1) is 8.24. The SMILES string of the molecule is NCC(c1ccccc1F)C(O)c1ccoc1. The van der Waals surface area contributed by atoms with Crippen LogP contribution in [0.4, 0.5) is 4.39 Å². The molecule has 3 N–H and O–H groups in total. The first kappa shape index (κ1) is 11.8. The van der Waals surface area contributed by atoms with E-state index >= 15 is 0 Å². The molecule has 0 aliphatic carbocycles. The molecule has 90 valence electrons. The van der Waals surface area contributed by atoms with Crippen LogP contribution in [0, 0.1) is 5.82 Å². The highest BCUT2D eigenvalue weighted by atomic mass is 19.1. The molecule has 1 aromatic heterocycles. The summed E-state index contributed by atoms with van der Waals surface area (Å²) in [6, 6.07) is 7.98. The van der Waals surface area contributed by atoms with Gasteiger partial charge >= 0.3 is 0 Å². The third-order valence-electron chi connectivity index (χ3n) is 2.82. The maximum atomic E-state index is 13.6. The van der Waals surface area contributed by atoms with Gasteiger partial charge in [0, 0.05) is 18.0 Å². The lowest BCUT2D eigenvalue weighted by Gasteiger charge is -2.21. The van der Waals surface area contributed by atoms with E-state index < -0.39 is 12.0 Å². The Hall–Kier alpha value is -1.65. The normalized spacial score (nSPS) is 14.5. The number of nitrogens with two attached hydrogens (primary N) is 1. The first-order valence-electron chi connectivity index (χ1n) is 5.38. The Balaban J connectivity index is 2.31. The summed E-state index contributed by atoms with van der Waals surface area (Å²) >= 11 is 0. The average molecular weight is 235 g/mol. The number of aliphatic hydroxyl groups excluding tert-OH is 1. The molecule has 0 saturated heterocycles. The van der Waals surface area contributed by atoms with E-state index in [2.05, 4.69) is 0 Å². The molecule has 0 saturated carbocycles.